The lowest BCUT2D eigenvalue weighted by Gasteiger charge is -2.33. The summed E-state index contributed by atoms with van der Waals surface area (Å²) in [5.41, 5.74) is -0.0974. The van der Waals surface area contributed by atoms with Crippen LogP contribution in [0.4, 0.5) is 0 Å². The van der Waals surface area contributed by atoms with Crippen molar-refractivity contribution >= 4 is 11.8 Å². The van der Waals surface area contributed by atoms with E-state index >= 15 is 0 Å². The first-order chi connectivity index (χ1) is 10.3. The Bertz CT molecular complexity index is 558. The van der Waals surface area contributed by atoms with Gasteiger partial charge in [-0.2, -0.15) is 0 Å². The summed E-state index contributed by atoms with van der Waals surface area (Å²) in [5.74, 6) is -0.835. The van der Waals surface area contributed by atoms with Crippen LogP contribution in [0.1, 0.15) is 38.1 Å². The van der Waals surface area contributed by atoms with Crippen molar-refractivity contribution in [2.45, 2.75) is 39.4 Å². The molecule has 5 nitrogen and oxygen atoms in total. The Morgan fingerprint density at radius 2 is 2.05 bits per heavy atom. The topological polar surface area (TPSA) is 61.8 Å². The van der Waals surface area contributed by atoms with Crippen molar-refractivity contribution in [2.75, 3.05) is 13.2 Å². The standard InChI is InChI=1S/C17H22O5/c1-5-20-16(19)15(22-17(2,3)4)12-10-21-13-9-7-6-8-11(13)14(12)18/h6-9,12,15H,5,10H2,1-4H3. The Kier molecular flexibility index (Phi) is 4.86. The number of para-hydroxylation sites is 1. The molecule has 0 spiro atoms. The third kappa shape index (κ3) is 3.65. The highest BCUT2D eigenvalue weighted by atomic mass is 16.6. The van der Waals surface area contributed by atoms with Gasteiger partial charge in [-0.1, -0.05) is 12.1 Å². The van der Waals surface area contributed by atoms with E-state index in [0.29, 0.717) is 11.3 Å². The number of ether oxygens (including phenoxy) is 3. The average Bonchev–Trinajstić information content (AvgIpc) is 2.45. The van der Waals surface area contributed by atoms with Gasteiger partial charge < -0.3 is 14.2 Å². The Morgan fingerprint density at radius 3 is 2.68 bits per heavy atom. The second kappa shape index (κ2) is 6.48. The molecule has 0 saturated heterocycles. The molecular formula is C17H22O5. The molecule has 120 valence electrons. The fourth-order valence-corrected chi connectivity index (χ4v) is 2.38. The highest BCUT2D eigenvalue weighted by Crippen LogP contribution is 2.31. The summed E-state index contributed by atoms with van der Waals surface area (Å²) in [6, 6.07) is 7.02. The van der Waals surface area contributed by atoms with Crippen molar-refractivity contribution in [1.29, 1.82) is 0 Å². The third-order valence-corrected chi connectivity index (χ3v) is 3.27. The first-order valence-corrected chi connectivity index (χ1v) is 7.44. The number of rotatable bonds is 4. The van der Waals surface area contributed by atoms with Gasteiger partial charge in [0.1, 0.15) is 12.4 Å². The maximum atomic E-state index is 12.7. The summed E-state index contributed by atoms with van der Waals surface area (Å²) in [5, 5.41) is 0. The molecule has 2 rings (SSSR count). The first-order valence-electron chi connectivity index (χ1n) is 7.44. The number of benzene rings is 1. The summed E-state index contributed by atoms with van der Waals surface area (Å²) in [6.45, 7) is 7.57. The molecule has 0 radical (unpaired) electrons. The van der Waals surface area contributed by atoms with Crippen molar-refractivity contribution in [2.24, 2.45) is 5.92 Å². The molecular weight excluding hydrogens is 284 g/mol. The van der Waals surface area contributed by atoms with E-state index in [-0.39, 0.29) is 19.0 Å². The molecule has 5 heteroatoms. The van der Waals surface area contributed by atoms with E-state index in [9.17, 15) is 9.59 Å². The molecule has 2 unspecified atom stereocenters. The van der Waals surface area contributed by atoms with Crippen LogP contribution in [0.5, 0.6) is 5.75 Å². The maximum absolute atomic E-state index is 12.7. The largest absolute Gasteiger partial charge is 0.492 e. The fourth-order valence-electron chi connectivity index (χ4n) is 2.38. The van der Waals surface area contributed by atoms with Gasteiger partial charge in [-0.15, -0.1) is 0 Å². The summed E-state index contributed by atoms with van der Waals surface area (Å²) in [4.78, 5) is 24.9. The highest BCUT2D eigenvalue weighted by molar-refractivity contribution is 6.03. The Balaban J connectivity index is 2.28. The van der Waals surface area contributed by atoms with Crippen LogP contribution in [0.25, 0.3) is 0 Å². The number of ketones is 1. The van der Waals surface area contributed by atoms with Crippen LogP contribution in [-0.4, -0.2) is 36.7 Å². The molecule has 0 N–H and O–H groups in total. The monoisotopic (exact) mass is 306 g/mol. The molecule has 1 aliphatic heterocycles. The predicted molar refractivity (Wildman–Crippen MR) is 81.0 cm³/mol. The lowest BCUT2D eigenvalue weighted by atomic mass is 9.90. The number of hydrogen-bond donors (Lipinski definition) is 0. The zero-order valence-corrected chi connectivity index (χ0v) is 13.4. The van der Waals surface area contributed by atoms with Gasteiger partial charge in [0.05, 0.1) is 23.7 Å². The van der Waals surface area contributed by atoms with E-state index in [4.69, 9.17) is 14.2 Å². The molecule has 1 heterocycles. The normalized spacial score (nSPS) is 19.1. The van der Waals surface area contributed by atoms with E-state index in [0.717, 1.165) is 0 Å². The molecule has 0 bridgehead atoms. The predicted octanol–water partition coefficient (Wildman–Crippen LogP) is 2.62. The minimum absolute atomic E-state index is 0.107. The zero-order valence-electron chi connectivity index (χ0n) is 13.4. The minimum Gasteiger partial charge on any atom is -0.492 e. The second-order valence-corrected chi connectivity index (χ2v) is 6.18. The molecule has 0 fully saturated rings. The van der Waals surface area contributed by atoms with E-state index in [1.807, 2.05) is 20.8 Å². The zero-order chi connectivity index (χ0) is 16.3. The number of fused-ring (bicyclic) bond motifs is 1. The van der Waals surface area contributed by atoms with Gasteiger partial charge in [0.2, 0.25) is 0 Å². The number of Topliss-reactive ketones (excluding diaryl/α,β-unsaturated/α-hetero) is 1. The van der Waals surface area contributed by atoms with Crippen molar-refractivity contribution in [3.8, 4) is 5.75 Å². The van der Waals surface area contributed by atoms with Gasteiger partial charge in [-0.3, -0.25) is 4.79 Å². The SMILES string of the molecule is CCOC(=O)C(OC(C)(C)C)C1COc2ccccc2C1=O. The van der Waals surface area contributed by atoms with Crippen LogP contribution in [0.15, 0.2) is 24.3 Å². The molecule has 2 atom stereocenters. The van der Waals surface area contributed by atoms with Crippen molar-refractivity contribution < 1.29 is 23.8 Å². The van der Waals surface area contributed by atoms with Gasteiger partial charge >= 0.3 is 5.97 Å². The van der Waals surface area contributed by atoms with E-state index < -0.39 is 23.6 Å². The molecule has 0 amide bonds. The molecule has 1 aliphatic rings. The number of carbonyl (C=O) groups excluding carboxylic acids is 2. The van der Waals surface area contributed by atoms with Gasteiger partial charge in [-0.05, 0) is 39.8 Å². The second-order valence-electron chi connectivity index (χ2n) is 6.18. The Morgan fingerprint density at radius 1 is 1.36 bits per heavy atom. The van der Waals surface area contributed by atoms with Crippen LogP contribution in [0.2, 0.25) is 0 Å². The van der Waals surface area contributed by atoms with Gasteiger partial charge in [0.25, 0.3) is 0 Å². The lowest BCUT2D eigenvalue weighted by molar-refractivity contribution is -0.171. The summed E-state index contributed by atoms with van der Waals surface area (Å²) >= 11 is 0. The Hall–Kier alpha value is -1.88. The summed E-state index contributed by atoms with van der Waals surface area (Å²) < 4.78 is 16.5. The summed E-state index contributed by atoms with van der Waals surface area (Å²) in [6.07, 6.45) is -0.971. The van der Waals surface area contributed by atoms with Crippen LogP contribution in [-0.2, 0) is 14.3 Å². The van der Waals surface area contributed by atoms with E-state index in [1.165, 1.54) is 0 Å². The summed E-state index contributed by atoms with van der Waals surface area (Å²) in [7, 11) is 0. The van der Waals surface area contributed by atoms with Crippen molar-refractivity contribution in [3.05, 3.63) is 29.8 Å². The molecule has 1 aromatic rings. The Labute approximate surface area is 130 Å². The highest BCUT2D eigenvalue weighted by Gasteiger charge is 2.42. The third-order valence-electron chi connectivity index (χ3n) is 3.27. The number of hydrogen-bond acceptors (Lipinski definition) is 5. The van der Waals surface area contributed by atoms with Gasteiger partial charge in [-0.25, -0.2) is 4.79 Å². The fraction of sp³-hybridized carbons (Fsp3) is 0.529. The van der Waals surface area contributed by atoms with Crippen LogP contribution in [0.3, 0.4) is 0 Å². The number of esters is 1. The van der Waals surface area contributed by atoms with Gasteiger partial charge in [0.15, 0.2) is 11.9 Å². The quantitative estimate of drug-likeness (QED) is 0.800. The molecule has 0 saturated carbocycles. The van der Waals surface area contributed by atoms with Crippen molar-refractivity contribution in [1.82, 2.24) is 0 Å². The van der Waals surface area contributed by atoms with Gasteiger partial charge in [0, 0.05) is 0 Å². The van der Waals surface area contributed by atoms with Crippen LogP contribution in [0, 0.1) is 5.92 Å². The first kappa shape index (κ1) is 16.5. The minimum atomic E-state index is -0.971. The average molecular weight is 306 g/mol. The smallest absolute Gasteiger partial charge is 0.336 e. The number of carbonyl (C=O) groups is 2. The molecule has 1 aromatic carbocycles. The van der Waals surface area contributed by atoms with Crippen molar-refractivity contribution in [3.63, 3.8) is 0 Å². The van der Waals surface area contributed by atoms with E-state index in [2.05, 4.69) is 0 Å². The molecule has 0 aliphatic carbocycles. The maximum Gasteiger partial charge on any atom is 0.336 e. The van der Waals surface area contributed by atoms with Crippen LogP contribution < -0.4 is 4.74 Å². The molecule has 0 aromatic heterocycles. The lowest BCUT2D eigenvalue weighted by Crippen LogP contribution is -2.46. The molecule has 22 heavy (non-hydrogen) atoms. The van der Waals surface area contributed by atoms with Crippen LogP contribution >= 0.6 is 0 Å². The van der Waals surface area contributed by atoms with E-state index in [1.54, 1.807) is 31.2 Å².